The predicted molar refractivity (Wildman–Crippen MR) is 106 cm³/mol. The molecule has 3 heterocycles. The molecule has 1 unspecified atom stereocenters. The summed E-state index contributed by atoms with van der Waals surface area (Å²) in [6.07, 6.45) is 2.28. The molecule has 1 N–H and O–H groups in total. The van der Waals surface area contributed by atoms with Crippen molar-refractivity contribution in [2.75, 3.05) is 42.4 Å². The third-order valence-electron chi connectivity index (χ3n) is 5.21. The lowest BCUT2D eigenvalue weighted by atomic mass is 10.1. The van der Waals surface area contributed by atoms with E-state index in [1.807, 2.05) is 23.1 Å². The molecule has 1 atom stereocenters. The number of piperidine rings is 1. The van der Waals surface area contributed by atoms with E-state index in [2.05, 4.69) is 15.3 Å². The number of anilines is 4. The third-order valence-corrected chi connectivity index (χ3v) is 5.55. The van der Waals surface area contributed by atoms with Crippen molar-refractivity contribution in [3.05, 3.63) is 34.7 Å². The minimum atomic E-state index is -0.773. The number of carbonyl (C=O) groups is 1. The van der Waals surface area contributed by atoms with Crippen LogP contribution in [0.2, 0.25) is 5.02 Å². The van der Waals surface area contributed by atoms with Crippen molar-refractivity contribution in [1.29, 1.82) is 0 Å². The average Bonchev–Trinajstić information content (AvgIpc) is 2.98. The maximum Gasteiger partial charge on any atom is 0.238 e. The third kappa shape index (κ3) is 3.49. The molecule has 1 amide bonds. The zero-order chi connectivity index (χ0) is 19.8. The number of nitrogens with one attached hydrogen (secondary N) is 1. The fourth-order valence-electron chi connectivity index (χ4n) is 3.63. The Hall–Kier alpha value is -2.45. The fraction of sp³-hybridized carbons (Fsp3) is 0.421. The lowest BCUT2D eigenvalue weighted by Crippen LogP contribution is -2.40. The van der Waals surface area contributed by atoms with Crippen LogP contribution in [0.15, 0.2) is 18.2 Å². The van der Waals surface area contributed by atoms with Gasteiger partial charge in [0, 0.05) is 38.6 Å². The molecule has 0 saturated carbocycles. The van der Waals surface area contributed by atoms with Gasteiger partial charge < -0.3 is 19.9 Å². The lowest BCUT2D eigenvalue weighted by molar-refractivity contribution is -0.117. The van der Waals surface area contributed by atoms with Gasteiger partial charge >= 0.3 is 0 Å². The molecule has 2 aliphatic rings. The van der Waals surface area contributed by atoms with E-state index in [1.54, 1.807) is 19.1 Å². The number of fused-ring (bicyclic) bond motifs is 1. The smallest absolute Gasteiger partial charge is 0.238 e. The molecule has 1 aromatic heterocycles. The van der Waals surface area contributed by atoms with Crippen LogP contribution in [-0.2, 0) is 16.0 Å². The largest absolute Gasteiger partial charge is 0.380 e. The topological polar surface area (TPSA) is 70.6 Å². The summed E-state index contributed by atoms with van der Waals surface area (Å²) < 4.78 is 19.8. The number of likely N-dealkylation sites (N-methyl/N-ethyl adjacent to an activating group) is 1. The van der Waals surface area contributed by atoms with Gasteiger partial charge in [0.1, 0.15) is 5.02 Å². The maximum absolute atomic E-state index is 14.4. The summed E-state index contributed by atoms with van der Waals surface area (Å²) in [7, 11) is 3.41. The van der Waals surface area contributed by atoms with Crippen LogP contribution in [0.25, 0.3) is 0 Å². The molecule has 2 aliphatic heterocycles. The van der Waals surface area contributed by atoms with Crippen LogP contribution in [-0.4, -0.2) is 49.2 Å². The summed E-state index contributed by atoms with van der Waals surface area (Å²) in [5, 5.41) is 2.90. The number of hydrogen-bond donors (Lipinski definition) is 1. The van der Waals surface area contributed by atoms with E-state index in [9.17, 15) is 9.18 Å². The molecule has 0 radical (unpaired) electrons. The van der Waals surface area contributed by atoms with E-state index in [4.69, 9.17) is 16.3 Å². The van der Waals surface area contributed by atoms with Crippen LogP contribution in [0.5, 0.6) is 0 Å². The number of carbonyl (C=O) groups excluding carboxylic acids is 1. The summed E-state index contributed by atoms with van der Waals surface area (Å²) in [5.41, 5.74) is 2.46. The van der Waals surface area contributed by atoms with Crippen LogP contribution in [0.3, 0.4) is 0 Å². The average molecular weight is 406 g/mol. The summed E-state index contributed by atoms with van der Waals surface area (Å²) in [5.74, 6) is -0.258. The van der Waals surface area contributed by atoms with Crippen LogP contribution >= 0.6 is 11.6 Å². The van der Waals surface area contributed by atoms with E-state index in [0.717, 1.165) is 30.6 Å². The van der Waals surface area contributed by atoms with Gasteiger partial charge in [0.15, 0.2) is 5.82 Å². The van der Waals surface area contributed by atoms with Crippen LogP contribution in [0.1, 0.15) is 18.4 Å². The highest BCUT2D eigenvalue weighted by Crippen LogP contribution is 2.33. The minimum absolute atomic E-state index is 0.0401. The zero-order valence-corrected chi connectivity index (χ0v) is 16.5. The number of nitrogens with zero attached hydrogens (tertiary/aromatic N) is 4. The summed E-state index contributed by atoms with van der Waals surface area (Å²) in [6, 6.07) is 5.52. The Labute approximate surface area is 167 Å². The number of benzene rings is 1. The molecule has 1 saturated heterocycles. The molecule has 1 aromatic carbocycles. The molecule has 148 valence electrons. The molecule has 2 aromatic rings. The Morgan fingerprint density at radius 2 is 2.18 bits per heavy atom. The predicted octanol–water partition coefficient (Wildman–Crippen LogP) is 3.15. The summed E-state index contributed by atoms with van der Waals surface area (Å²) >= 11 is 6.11. The molecule has 9 heteroatoms. The molecule has 7 nitrogen and oxygen atoms in total. The number of halogens is 2. The molecule has 28 heavy (non-hydrogen) atoms. The molecule has 1 fully saturated rings. The minimum Gasteiger partial charge on any atom is -0.380 e. The van der Waals surface area contributed by atoms with Gasteiger partial charge in [-0.3, -0.25) is 4.79 Å². The SMILES string of the molecule is COC1CCCN(c2nc(F)c(Cl)c(Nc3ccc4c(c3)CC(=O)N4C)n2)C1. The molecular weight excluding hydrogens is 385 g/mol. The number of rotatable bonds is 4. The van der Waals surface area contributed by atoms with Crippen molar-refractivity contribution in [3.63, 3.8) is 0 Å². The van der Waals surface area contributed by atoms with Gasteiger partial charge in [0.25, 0.3) is 0 Å². The highest BCUT2D eigenvalue weighted by molar-refractivity contribution is 6.33. The molecule has 4 rings (SSSR count). The van der Waals surface area contributed by atoms with Crippen LogP contribution < -0.4 is 15.1 Å². The second-order valence-electron chi connectivity index (χ2n) is 7.02. The first kappa shape index (κ1) is 18.9. The standard InChI is InChI=1S/C19H21ClFN5O2/c1-25-14-6-5-12(8-11(14)9-15(25)27)22-18-16(20)17(21)23-19(24-18)26-7-3-4-13(10-26)28-2/h5-6,8,13H,3-4,7,9-10H2,1-2H3,(H,22,23,24). The first-order valence-electron chi connectivity index (χ1n) is 9.13. The highest BCUT2D eigenvalue weighted by atomic mass is 35.5. The van der Waals surface area contributed by atoms with Crippen molar-refractivity contribution in [3.8, 4) is 0 Å². The van der Waals surface area contributed by atoms with Gasteiger partial charge in [-0.05, 0) is 36.6 Å². The summed E-state index contributed by atoms with van der Waals surface area (Å²) in [4.78, 5) is 23.7. The van der Waals surface area contributed by atoms with Crippen LogP contribution in [0, 0.1) is 5.95 Å². The van der Waals surface area contributed by atoms with Crippen molar-refractivity contribution < 1.29 is 13.9 Å². The van der Waals surface area contributed by atoms with Gasteiger partial charge in [-0.15, -0.1) is 0 Å². The van der Waals surface area contributed by atoms with Gasteiger partial charge in [0.2, 0.25) is 17.8 Å². The van der Waals surface area contributed by atoms with Crippen molar-refractivity contribution >= 4 is 40.6 Å². The number of methoxy groups -OCH3 is 1. The van der Waals surface area contributed by atoms with E-state index in [1.165, 1.54) is 0 Å². The number of aromatic nitrogens is 2. The second kappa shape index (κ2) is 7.52. The molecule has 0 aliphatic carbocycles. The first-order valence-corrected chi connectivity index (χ1v) is 9.51. The second-order valence-corrected chi connectivity index (χ2v) is 7.40. The highest BCUT2D eigenvalue weighted by Gasteiger charge is 2.26. The van der Waals surface area contributed by atoms with E-state index in [0.29, 0.717) is 18.7 Å². The van der Waals surface area contributed by atoms with E-state index >= 15 is 0 Å². The Bertz CT molecular complexity index is 925. The summed E-state index contributed by atoms with van der Waals surface area (Å²) in [6.45, 7) is 1.33. The maximum atomic E-state index is 14.4. The number of ether oxygens (including phenoxy) is 1. The Morgan fingerprint density at radius 1 is 1.36 bits per heavy atom. The van der Waals surface area contributed by atoms with Gasteiger partial charge in [-0.1, -0.05) is 11.6 Å². The first-order chi connectivity index (χ1) is 13.5. The Balaban J connectivity index is 1.61. The monoisotopic (exact) mass is 405 g/mol. The van der Waals surface area contributed by atoms with Crippen molar-refractivity contribution in [2.45, 2.75) is 25.4 Å². The van der Waals surface area contributed by atoms with E-state index in [-0.39, 0.29) is 28.8 Å². The van der Waals surface area contributed by atoms with Gasteiger partial charge in [-0.2, -0.15) is 14.4 Å². The van der Waals surface area contributed by atoms with Crippen LogP contribution in [0.4, 0.5) is 27.5 Å². The quantitative estimate of drug-likeness (QED) is 0.788. The normalized spacial score (nSPS) is 19.1. The van der Waals surface area contributed by atoms with Crippen molar-refractivity contribution in [2.24, 2.45) is 0 Å². The van der Waals surface area contributed by atoms with Crippen molar-refractivity contribution in [1.82, 2.24) is 9.97 Å². The molecule has 0 bridgehead atoms. The van der Waals surface area contributed by atoms with Gasteiger partial charge in [0.05, 0.1) is 12.5 Å². The number of hydrogen-bond acceptors (Lipinski definition) is 6. The molecule has 0 spiro atoms. The lowest BCUT2D eigenvalue weighted by Gasteiger charge is -2.32. The van der Waals surface area contributed by atoms with Gasteiger partial charge in [-0.25, -0.2) is 0 Å². The molecular formula is C19H21ClFN5O2. The Kier molecular flexibility index (Phi) is 5.07. The number of amides is 1. The fourth-order valence-corrected chi connectivity index (χ4v) is 3.76. The Morgan fingerprint density at radius 3 is 2.96 bits per heavy atom. The van der Waals surface area contributed by atoms with E-state index < -0.39 is 5.95 Å². The zero-order valence-electron chi connectivity index (χ0n) is 15.7.